The van der Waals surface area contributed by atoms with E-state index in [1.165, 1.54) is 0 Å². The fourth-order valence-electron chi connectivity index (χ4n) is 2.25. The summed E-state index contributed by atoms with van der Waals surface area (Å²) in [4.78, 5) is 23.0. The van der Waals surface area contributed by atoms with Crippen molar-refractivity contribution >= 4 is 11.9 Å². The Hall–Kier alpha value is -1.31. The van der Waals surface area contributed by atoms with Gasteiger partial charge in [-0.25, -0.2) is 4.79 Å². The van der Waals surface area contributed by atoms with Crippen LogP contribution in [0.1, 0.15) is 26.7 Å². The number of carbonyl (C=O) groups is 2. The molecule has 1 heterocycles. The molecule has 0 aromatic heterocycles. The molecule has 1 rings (SSSR count). The molecule has 116 valence electrons. The minimum absolute atomic E-state index is 0.0556. The Balaban J connectivity index is 2.88. The number of alkyl halides is 3. The third-order valence-electron chi connectivity index (χ3n) is 3.44. The molecule has 0 radical (unpaired) electrons. The maximum Gasteiger partial charge on any atom is 0.404 e. The van der Waals surface area contributed by atoms with E-state index in [0.717, 1.165) is 0 Å². The molecule has 0 aliphatic carbocycles. The second-order valence-corrected chi connectivity index (χ2v) is 5.50. The van der Waals surface area contributed by atoms with Crippen molar-refractivity contribution in [2.24, 2.45) is 11.3 Å². The molecule has 8 heteroatoms. The van der Waals surface area contributed by atoms with Crippen LogP contribution in [0.25, 0.3) is 0 Å². The topological polar surface area (TPSA) is 78.4 Å². The third-order valence-corrected chi connectivity index (χ3v) is 3.44. The number of carboxylic acids is 1. The number of halogens is 3. The highest BCUT2D eigenvalue weighted by atomic mass is 19.4. The highest BCUT2D eigenvalue weighted by molar-refractivity contribution is 5.88. The van der Waals surface area contributed by atoms with E-state index in [0.29, 0.717) is 0 Å². The molecular weight excluding hydrogens is 277 g/mol. The lowest BCUT2D eigenvalue weighted by atomic mass is 9.84. The molecule has 1 saturated heterocycles. The van der Waals surface area contributed by atoms with E-state index in [4.69, 9.17) is 5.11 Å². The number of rotatable bonds is 5. The number of nitrogens with one attached hydrogen (secondary N) is 2. The van der Waals surface area contributed by atoms with Gasteiger partial charge in [0.1, 0.15) is 6.04 Å². The van der Waals surface area contributed by atoms with E-state index in [1.54, 1.807) is 13.8 Å². The number of carbonyl (C=O) groups excluding carboxylic acids is 1. The van der Waals surface area contributed by atoms with Crippen molar-refractivity contribution in [2.45, 2.75) is 38.9 Å². The van der Waals surface area contributed by atoms with Crippen molar-refractivity contribution in [1.29, 1.82) is 0 Å². The Kier molecular flexibility index (Phi) is 5.01. The molecule has 0 aromatic rings. The molecule has 3 N–H and O–H groups in total. The third kappa shape index (κ3) is 3.41. The summed E-state index contributed by atoms with van der Waals surface area (Å²) in [6.07, 6.45) is -5.00. The van der Waals surface area contributed by atoms with Crippen LogP contribution in [0, 0.1) is 11.3 Å². The van der Waals surface area contributed by atoms with E-state index in [2.05, 4.69) is 5.32 Å². The summed E-state index contributed by atoms with van der Waals surface area (Å²) in [6.45, 7) is 3.03. The van der Waals surface area contributed by atoms with Crippen molar-refractivity contribution in [3.63, 3.8) is 0 Å². The van der Waals surface area contributed by atoms with E-state index >= 15 is 0 Å². The van der Waals surface area contributed by atoms with Gasteiger partial charge in [-0.3, -0.25) is 4.79 Å². The van der Waals surface area contributed by atoms with Crippen molar-refractivity contribution in [1.82, 2.24) is 10.6 Å². The van der Waals surface area contributed by atoms with E-state index < -0.39 is 36.1 Å². The lowest BCUT2D eigenvalue weighted by molar-refractivity contribution is -0.216. The van der Waals surface area contributed by atoms with Crippen LogP contribution in [-0.2, 0) is 9.59 Å². The highest BCUT2D eigenvalue weighted by Gasteiger charge is 2.61. The smallest absolute Gasteiger partial charge is 0.404 e. The Morgan fingerprint density at radius 3 is 2.35 bits per heavy atom. The predicted octanol–water partition coefficient (Wildman–Crippen LogP) is 1.14. The molecule has 1 aliphatic rings. The van der Waals surface area contributed by atoms with Crippen molar-refractivity contribution in [2.75, 3.05) is 13.1 Å². The van der Waals surface area contributed by atoms with Crippen LogP contribution < -0.4 is 10.6 Å². The molecule has 1 aliphatic heterocycles. The molecule has 2 atom stereocenters. The first-order valence-electron chi connectivity index (χ1n) is 6.41. The zero-order chi connectivity index (χ0) is 15.6. The maximum absolute atomic E-state index is 13.1. The zero-order valence-electron chi connectivity index (χ0n) is 11.4. The van der Waals surface area contributed by atoms with Crippen LogP contribution in [0.15, 0.2) is 0 Å². The van der Waals surface area contributed by atoms with E-state index in [1.807, 2.05) is 5.32 Å². The lowest BCUT2D eigenvalue weighted by Gasteiger charge is -2.31. The quantitative estimate of drug-likeness (QED) is 0.711. The SMILES string of the molecule is CC(C)C[C@H](NC(=O)C1(C(F)(F)F)CCNC1)C(=O)O. The van der Waals surface area contributed by atoms with E-state index in [-0.39, 0.29) is 25.3 Å². The lowest BCUT2D eigenvalue weighted by Crippen LogP contribution is -2.56. The summed E-state index contributed by atoms with van der Waals surface area (Å²) < 4.78 is 39.4. The highest BCUT2D eigenvalue weighted by Crippen LogP contribution is 2.43. The predicted molar refractivity (Wildman–Crippen MR) is 65.0 cm³/mol. The van der Waals surface area contributed by atoms with Crippen LogP contribution in [0.4, 0.5) is 13.2 Å². The largest absolute Gasteiger partial charge is 0.480 e. The molecule has 0 spiro atoms. The van der Waals surface area contributed by atoms with Gasteiger partial charge in [-0.15, -0.1) is 0 Å². The first-order chi connectivity index (χ1) is 9.10. The fourth-order valence-corrected chi connectivity index (χ4v) is 2.25. The Morgan fingerprint density at radius 1 is 1.40 bits per heavy atom. The van der Waals surface area contributed by atoms with Gasteiger partial charge in [-0.2, -0.15) is 13.2 Å². The maximum atomic E-state index is 13.1. The van der Waals surface area contributed by atoms with Gasteiger partial charge in [0.15, 0.2) is 5.41 Å². The molecule has 20 heavy (non-hydrogen) atoms. The first-order valence-corrected chi connectivity index (χ1v) is 6.41. The van der Waals surface area contributed by atoms with Gasteiger partial charge in [-0.1, -0.05) is 13.8 Å². The van der Waals surface area contributed by atoms with Crippen molar-refractivity contribution in [3.8, 4) is 0 Å². The summed E-state index contributed by atoms with van der Waals surface area (Å²) in [7, 11) is 0. The number of hydrogen-bond donors (Lipinski definition) is 3. The Morgan fingerprint density at radius 2 is 2.00 bits per heavy atom. The normalized spacial score (nSPS) is 24.7. The van der Waals surface area contributed by atoms with Gasteiger partial charge in [0, 0.05) is 6.54 Å². The van der Waals surface area contributed by atoms with Crippen LogP contribution in [0.5, 0.6) is 0 Å². The Labute approximate surface area is 114 Å². The monoisotopic (exact) mass is 296 g/mol. The van der Waals surface area contributed by atoms with Gasteiger partial charge >= 0.3 is 12.1 Å². The van der Waals surface area contributed by atoms with Gasteiger partial charge in [0.05, 0.1) is 0 Å². The van der Waals surface area contributed by atoms with Crippen LogP contribution in [0.2, 0.25) is 0 Å². The van der Waals surface area contributed by atoms with Gasteiger partial charge in [-0.05, 0) is 25.3 Å². The van der Waals surface area contributed by atoms with Gasteiger partial charge in [0.2, 0.25) is 5.91 Å². The van der Waals surface area contributed by atoms with E-state index in [9.17, 15) is 22.8 Å². The second kappa shape index (κ2) is 5.99. The van der Waals surface area contributed by atoms with Crippen LogP contribution >= 0.6 is 0 Å². The van der Waals surface area contributed by atoms with Crippen LogP contribution in [-0.4, -0.2) is 42.3 Å². The number of aliphatic carboxylic acids is 1. The average Bonchev–Trinajstić information content (AvgIpc) is 2.76. The number of amides is 1. The summed E-state index contributed by atoms with van der Waals surface area (Å²) in [5.74, 6) is -2.64. The zero-order valence-corrected chi connectivity index (χ0v) is 11.4. The van der Waals surface area contributed by atoms with Crippen molar-refractivity contribution in [3.05, 3.63) is 0 Å². The molecule has 1 amide bonds. The number of hydrogen-bond acceptors (Lipinski definition) is 3. The van der Waals surface area contributed by atoms with Crippen molar-refractivity contribution < 1.29 is 27.9 Å². The standard InChI is InChI=1S/C12H19F3N2O3/c1-7(2)5-8(9(18)19)17-10(20)11(12(13,14)15)3-4-16-6-11/h7-8,16H,3-6H2,1-2H3,(H,17,20)(H,18,19)/t8-,11?/m0/s1. The van der Waals surface area contributed by atoms with Crippen LogP contribution in [0.3, 0.4) is 0 Å². The molecule has 1 fully saturated rings. The summed E-state index contributed by atoms with van der Waals surface area (Å²) in [5.41, 5.74) is -2.53. The second-order valence-electron chi connectivity index (χ2n) is 5.50. The molecule has 0 bridgehead atoms. The molecule has 0 saturated carbocycles. The average molecular weight is 296 g/mol. The number of carboxylic acid groups (broad SMARTS) is 1. The summed E-state index contributed by atoms with van der Waals surface area (Å²) >= 11 is 0. The minimum atomic E-state index is -4.71. The fraction of sp³-hybridized carbons (Fsp3) is 0.833. The first kappa shape index (κ1) is 16.7. The molecule has 1 unspecified atom stereocenters. The summed E-state index contributed by atoms with van der Waals surface area (Å²) in [6, 6.07) is -1.30. The van der Waals surface area contributed by atoms with Gasteiger partial charge < -0.3 is 15.7 Å². The minimum Gasteiger partial charge on any atom is -0.480 e. The molecule has 5 nitrogen and oxygen atoms in total. The Bertz CT molecular complexity index is 377. The summed E-state index contributed by atoms with van der Waals surface area (Å²) in [5, 5.41) is 13.5. The molecule has 0 aromatic carbocycles. The van der Waals surface area contributed by atoms with Gasteiger partial charge in [0.25, 0.3) is 0 Å². The molecular formula is C12H19F3N2O3.